The summed E-state index contributed by atoms with van der Waals surface area (Å²) in [5.74, 6) is 5.35. The number of nitrogens with one attached hydrogen (secondary N) is 2. The third-order valence-corrected chi connectivity index (χ3v) is 3.85. The van der Waals surface area contributed by atoms with Crippen LogP contribution in [-0.2, 0) is 4.79 Å². The summed E-state index contributed by atoms with van der Waals surface area (Å²) in [6, 6.07) is 11.3. The number of hydrogen-bond donors (Lipinski definition) is 3. The van der Waals surface area contributed by atoms with Gasteiger partial charge in [0.15, 0.2) is 11.9 Å². The number of aromatic nitrogens is 1. The topological polar surface area (TPSA) is 95.7 Å². The SMILES string of the molecule is CCCCN=C(C)C(=NNc1ccc(C)cc1)C(=O)Nc1ccc[n+](N)c1. The molecule has 4 N–H and O–H groups in total. The molecule has 7 nitrogen and oxygen atoms in total. The van der Waals surface area contributed by atoms with E-state index >= 15 is 0 Å². The van der Waals surface area contributed by atoms with Crippen LogP contribution >= 0.6 is 0 Å². The molecule has 27 heavy (non-hydrogen) atoms. The molecule has 1 aromatic carbocycles. The Morgan fingerprint density at radius 3 is 2.59 bits per heavy atom. The lowest BCUT2D eigenvalue weighted by Gasteiger charge is -2.09. The van der Waals surface area contributed by atoms with Crippen molar-refractivity contribution in [1.82, 2.24) is 0 Å². The van der Waals surface area contributed by atoms with Crippen molar-refractivity contribution in [2.24, 2.45) is 10.1 Å². The van der Waals surface area contributed by atoms with E-state index in [4.69, 9.17) is 5.84 Å². The van der Waals surface area contributed by atoms with E-state index in [0.717, 1.165) is 24.1 Å². The van der Waals surface area contributed by atoms with Crippen molar-refractivity contribution in [3.63, 3.8) is 0 Å². The molecule has 0 aliphatic carbocycles. The third-order valence-electron chi connectivity index (χ3n) is 3.85. The molecule has 2 rings (SSSR count). The molecule has 2 aromatic rings. The van der Waals surface area contributed by atoms with Crippen molar-refractivity contribution in [3.8, 4) is 0 Å². The number of carbonyl (C=O) groups excluding carboxylic acids is 1. The van der Waals surface area contributed by atoms with Gasteiger partial charge < -0.3 is 5.32 Å². The maximum Gasteiger partial charge on any atom is 0.278 e. The molecule has 7 heteroatoms. The molecular weight excluding hydrogens is 340 g/mol. The number of anilines is 2. The molecule has 142 valence electrons. The molecule has 0 fully saturated rings. The monoisotopic (exact) mass is 367 g/mol. The zero-order valence-electron chi connectivity index (χ0n) is 16.1. The molecule has 0 aliphatic rings. The number of carbonyl (C=O) groups is 1. The van der Waals surface area contributed by atoms with E-state index in [2.05, 4.69) is 27.8 Å². The van der Waals surface area contributed by atoms with Gasteiger partial charge in [-0.05, 0) is 38.5 Å². The second kappa shape index (κ2) is 10.1. The van der Waals surface area contributed by atoms with Crippen LogP contribution < -0.4 is 21.3 Å². The fourth-order valence-corrected chi connectivity index (χ4v) is 2.28. The summed E-state index contributed by atoms with van der Waals surface area (Å²) in [4.78, 5) is 17.2. The maximum absolute atomic E-state index is 12.8. The number of nitrogen functional groups attached to an aromatic ring is 1. The van der Waals surface area contributed by atoms with Gasteiger partial charge in [-0.15, -0.1) is 0 Å². The van der Waals surface area contributed by atoms with Crippen LogP contribution in [0.2, 0.25) is 0 Å². The van der Waals surface area contributed by atoms with Gasteiger partial charge in [-0.3, -0.25) is 15.2 Å². The fourth-order valence-electron chi connectivity index (χ4n) is 2.28. The summed E-state index contributed by atoms with van der Waals surface area (Å²) in [6.07, 6.45) is 5.30. The predicted molar refractivity (Wildman–Crippen MR) is 111 cm³/mol. The Bertz CT molecular complexity index is 827. The number of hydrazone groups is 1. The zero-order chi connectivity index (χ0) is 19.6. The van der Waals surface area contributed by atoms with Crippen LogP contribution in [0.5, 0.6) is 0 Å². The molecule has 1 heterocycles. The Morgan fingerprint density at radius 1 is 1.19 bits per heavy atom. The molecule has 1 amide bonds. The average molecular weight is 367 g/mol. The highest BCUT2D eigenvalue weighted by molar-refractivity contribution is 6.68. The lowest BCUT2D eigenvalue weighted by atomic mass is 10.2. The summed E-state index contributed by atoms with van der Waals surface area (Å²) >= 11 is 0. The Labute approximate surface area is 160 Å². The Morgan fingerprint density at radius 2 is 1.93 bits per heavy atom. The second-order valence-electron chi connectivity index (χ2n) is 6.25. The van der Waals surface area contributed by atoms with Gasteiger partial charge in [0.2, 0.25) is 6.20 Å². The number of amides is 1. The van der Waals surface area contributed by atoms with E-state index in [0.29, 0.717) is 17.9 Å². The van der Waals surface area contributed by atoms with Gasteiger partial charge in [0.25, 0.3) is 5.91 Å². The van der Waals surface area contributed by atoms with Crippen LogP contribution in [0.15, 0.2) is 58.9 Å². The maximum atomic E-state index is 12.8. The van der Waals surface area contributed by atoms with Crippen LogP contribution in [0, 0.1) is 6.92 Å². The van der Waals surface area contributed by atoms with E-state index in [9.17, 15) is 4.79 Å². The number of rotatable bonds is 8. The molecule has 1 aromatic heterocycles. The predicted octanol–water partition coefficient (Wildman–Crippen LogP) is 2.66. The fraction of sp³-hybridized carbons (Fsp3) is 0.300. The summed E-state index contributed by atoms with van der Waals surface area (Å²) in [5, 5.41) is 7.11. The quantitative estimate of drug-likeness (QED) is 0.220. The van der Waals surface area contributed by atoms with E-state index in [-0.39, 0.29) is 11.6 Å². The number of aryl methyl sites for hydroxylation is 1. The van der Waals surface area contributed by atoms with Gasteiger partial charge in [0, 0.05) is 12.6 Å². The van der Waals surface area contributed by atoms with Gasteiger partial charge >= 0.3 is 0 Å². The zero-order valence-corrected chi connectivity index (χ0v) is 16.1. The van der Waals surface area contributed by atoms with Gasteiger partial charge in [-0.25, -0.2) is 5.84 Å². The molecular formula is C20H27N6O+. The van der Waals surface area contributed by atoms with Crippen molar-refractivity contribution < 1.29 is 9.47 Å². The first-order valence-corrected chi connectivity index (χ1v) is 8.99. The lowest BCUT2D eigenvalue weighted by Crippen LogP contribution is -2.43. The minimum absolute atomic E-state index is 0.235. The van der Waals surface area contributed by atoms with E-state index in [1.807, 2.05) is 31.2 Å². The minimum atomic E-state index is -0.349. The van der Waals surface area contributed by atoms with Crippen molar-refractivity contribution in [3.05, 3.63) is 54.4 Å². The van der Waals surface area contributed by atoms with Crippen LogP contribution in [0.3, 0.4) is 0 Å². The van der Waals surface area contributed by atoms with Crippen molar-refractivity contribution >= 4 is 28.7 Å². The van der Waals surface area contributed by atoms with Gasteiger partial charge in [-0.2, -0.15) is 5.10 Å². The number of unbranched alkanes of at least 4 members (excludes halogenated alkanes) is 1. The number of nitrogens with zero attached hydrogens (tertiary/aromatic N) is 3. The summed E-state index contributed by atoms with van der Waals surface area (Å²) in [6.45, 7) is 6.56. The third kappa shape index (κ3) is 6.54. The van der Waals surface area contributed by atoms with Crippen LogP contribution in [0.25, 0.3) is 0 Å². The number of hydrogen-bond acceptors (Lipinski definition) is 5. The summed E-state index contributed by atoms with van der Waals surface area (Å²) in [5.41, 5.74) is 6.28. The minimum Gasteiger partial charge on any atom is -0.315 e. The highest BCUT2D eigenvalue weighted by Gasteiger charge is 2.16. The van der Waals surface area contributed by atoms with Crippen molar-refractivity contribution in [1.29, 1.82) is 0 Å². The normalized spacial score (nSPS) is 12.0. The smallest absolute Gasteiger partial charge is 0.278 e. The van der Waals surface area contributed by atoms with Gasteiger partial charge in [-0.1, -0.05) is 35.7 Å². The second-order valence-corrected chi connectivity index (χ2v) is 6.25. The lowest BCUT2D eigenvalue weighted by molar-refractivity contribution is -0.638. The standard InChI is InChI=1S/C20H26N6O/c1-4-5-12-22-16(3)19(25-24-17-10-8-15(2)9-11-17)20(27)23-18-7-6-13-26(21)14-18/h6-11,13-14H,4-5,12,21H2,1-3H3,(H-,22,23,24,27)/p+1. The van der Waals surface area contributed by atoms with E-state index in [1.165, 1.54) is 4.68 Å². The summed E-state index contributed by atoms with van der Waals surface area (Å²) < 4.78 is 1.37. The number of benzene rings is 1. The van der Waals surface area contributed by atoms with Crippen LogP contribution in [-0.4, -0.2) is 23.9 Å². The number of aliphatic imine (C=N–C) groups is 1. The molecule has 0 saturated carbocycles. The highest BCUT2D eigenvalue weighted by Crippen LogP contribution is 2.09. The largest absolute Gasteiger partial charge is 0.315 e. The summed E-state index contributed by atoms with van der Waals surface area (Å²) in [7, 11) is 0. The van der Waals surface area contributed by atoms with Crippen molar-refractivity contribution in [2.45, 2.75) is 33.6 Å². The molecule has 0 saturated heterocycles. The van der Waals surface area contributed by atoms with Crippen LogP contribution in [0.4, 0.5) is 11.4 Å². The number of pyridine rings is 1. The molecule has 0 unspecified atom stereocenters. The first-order chi connectivity index (χ1) is 13.0. The van der Waals surface area contributed by atoms with E-state index < -0.39 is 0 Å². The van der Waals surface area contributed by atoms with Gasteiger partial charge in [0.1, 0.15) is 5.69 Å². The average Bonchev–Trinajstić information content (AvgIpc) is 2.63. The molecule has 0 bridgehead atoms. The van der Waals surface area contributed by atoms with Crippen LogP contribution in [0.1, 0.15) is 32.3 Å². The van der Waals surface area contributed by atoms with Gasteiger partial charge in [0.05, 0.1) is 11.4 Å². The Balaban J connectivity index is 2.21. The van der Waals surface area contributed by atoms with E-state index in [1.54, 1.807) is 31.5 Å². The highest BCUT2D eigenvalue weighted by atomic mass is 16.2. The van der Waals surface area contributed by atoms with Crippen molar-refractivity contribution in [2.75, 3.05) is 23.1 Å². The molecule has 0 aliphatic heterocycles. The molecule has 0 atom stereocenters. The first kappa shape index (κ1) is 20.1. The molecule has 0 radical (unpaired) electrons. The Kier molecular flexibility index (Phi) is 7.49. The number of nitrogens with two attached hydrogens (primary N) is 1. The molecule has 0 spiro atoms. The Hall–Kier alpha value is -3.22. The first-order valence-electron chi connectivity index (χ1n) is 8.99.